The third-order valence-corrected chi connectivity index (χ3v) is 3.24. The zero-order chi connectivity index (χ0) is 18.1. The molecule has 0 spiro atoms. The number of nitrogens with zero attached hydrogens (tertiary/aromatic N) is 1. The normalized spacial score (nSPS) is 9.83. The fourth-order valence-corrected chi connectivity index (χ4v) is 1.84. The third kappa shape index (κ3) is 5.79. The maximum Gasteiger partial charge on any atom is 0.310 e. The average molecular weight is 338 g/mol. The van der Waals surface area contributed by atoms with E-state index < -0.39 is 18.5 Å². The highest BCUT2D eigenvalue weighted by molar-refractivity contribution is 5.86. The molecule has 1 aromatic rings. The van der Waals surface area contributed by atoms with Gasteiger partial charge < -0.3 is 24.4 Å². The lowest BCUT2D eigenvalue weighted by atomic mass is 10.1. The first kappa shape index (κ1) is 19.3. The van der Waals surface area contributed by atoms with Crippen LogP contribution in [0.25, 0.3) is 0 Å². The van der Waals surface area contributed by atoms with Crippen molar-refractivity contribution in [2.75, 3.05) is 41.5 Å². The topological polar surface area (TPSA) is 94.2 Å². The van der Waals surface area contributed by atoms with Crippen LogP contribution in [0.5, 0.6) is 11.5 Å². The van der Waals surface area contributed by atoms with Crippen molar-refractivity contribution >= 4 is 17.8 Å². The van der Waals surface area contributed by atoms with Gasteiger partial charge in [-0.3, -0.25) is 14.4 Å². The number of likely N-dealkylation sites (N-methyl/N-ethyl adjacent to an activating group) is 2. The molecule has 24 heavy (non-hydrogen) atoms. The van der Waals surface area contributed by atoms with Crippen molar-refractivity contribution < 1.29 is 28.6 Å². The molecule has 0 heterocycles. The van der Waals surface area contributed by atoms with Gasteiger partial charge in [0.15, 0.2) is 18.1 Å². The predicted molar refractivity (Wildman–Crippen MR) is 85.9 cm³/mol. The van der Waals surface area contributed by atoms with E-state index in [-0.39, 0.29) is 18.9 Å². The smallest absolute Gasteiger partial charge is 0.310 e. The molecule has 0 bridgehead atoms. The van der Waals surface area contributed by atoms with Crippen molar-refractivity contribution in [2.45, 2.75) is 6.42 Å². The van der Waals surface area contributed by atoms with Crippen molar-refractivity contribution in [3.8, 4) is 11.5 Å². The zero-order valence-corrected chi connectivity index (χ0v) is 14.3. The fourth-order valence-electron chi connectivity index (χ4n) is 1.84. The van der Waals surface area contributed by atoms with Gasteiger partial charge in [0.05, 0.1) is 27.2 Å². The monoisotopic (exact) mass is 338 g/mol. The van der Waals surface area contributed by atoms with E-state index in [4.69, 9.17) is 14.2 Å². The number of nitrogens with one attached hydrogen (secondary N) is 1. The molecule has 0 saturated carbocycles. The number of esters is 1. The van der Waals surface area contributed by atoms with E-state index in [1.807, 2.05) is 0 Å². The molecule has 1 N–H and O–H groups in total. The van der Waals surface area contributed by atoms with Crippen LogP contribution in [-0.4, -0.2) is 64.2 Å². The summed E-state index contributed by atoms with van der Waals surface area (Å²) in [6, 6.07) is 5.06. The molecule has 132 valence electrons. The first-order chi connectivity index (χ1) is 11.4. The molecule has 1 aromatic carbocycles. The Morgan fingerprint density at radius 3 is 2.38 bits per heavy atom. The van der Waals surface area contributed by atoms with Crippen LogP contribution in [0.2, 0.25) is 0 Å². The van der Waals surface area contributed by atoms with Crippen molar-refractivity contribution in [1.82, 2.24) is 10.2 Å². The Balaban J connectivity index is 2.52. The second-order valence-corrected chi connectivity index (χ2v) is 4.95. The minimum Gasteiger partial charge on any atom is -0.493 e. The van der Waals surface area contributed by atoms with Gasteiger partial charge >= 0.3 is 5.97 Å². The summed E-state index contributed by atoms with van der Waals surface area (Å²) in [6.45, 7) is -0.512. The lowest BCUT2D eigenvalue weighted by Crippen LogP contribution is -2.39. The van der Waals surface area contributed by atoms with Gasteiger partial charge in [-0.2, -0.15) is 0 Å². The van der Waals surface area contributed by atoms with E-state index in [9.17, 15) is 14.4 Å². The molecule has 2 amide bonds. The number of ether oxygens (including phenoxy) is 3. The highest BCUT2D eigenvalue weighted by Crippen LogP contribution is 2.27. The van der Waals surface area contributed by atoms with Gasteiger partial charge in [-0.1, -0.05) is 6.07 Å². The number of hydrogen-bond donors (Lipinski definition) is 1. The van der Waals surface area contributed by atoms with E-state index in [1.165, 1.54) is 33.2 Å². The summed E-state index contributed by atoms with van der Waals surface area (Å²) < 4.78 is 15.2. The summed E-state index contributed by atoms with van der Waals surface area (Å²) >= 11 is 0. The number of hydrogen-bond acceptors (Lipinski definition) is 6. The van der Waals surface area contributed by atoms with E-state index >= 15 is 0 Å². The molecule has 0 fully saturated rings. The van der Waals surface area contributed by atoms with Crippen molar-refractivity contribution in [2.24, 2.45) is 0 Å². The number of methoxy groups -OCH3 is 2. The Bertz CT molecular complexity index is 602. The predicted octanol–water partition coefficient (Wildman–Crippen LogP) is -0.00610. The number of carbonyl (C=O) groups is 3. The lowest BCUT2D eigenvalue weighted by molar-refractivity contribution is -0.151. The summed E-state index contributed by atoms with van der Waals surface area (Å²) in [7, 11) is 5.96. The SMILES string of the molecule is CNC(=O)CN(C)C(=O)COC(=O)Cc1ccc(OC)c(OC)c1. The molecular formula is C16H22N2O6. The van der Waals surface area contributed by atoms with Gasteiger partial charge in [-0.25, -0.2) is 0 Å². The van der Waals surface area contributed by atoms with Gasteiger partial charge in [0.1, 0.15) is 0 Å². The maximum atomic E-state index is 11.8. The van der Waals surface area contributed by atoms with E-state index in [0.717, 1.165) is 0 Å². The zero-order valence-electron chi connectivity index (χ0n) is 14.3. The fraction of sp³-hybridized carbons (Fsp3) is 0.438. The Morgan fingerprint density at radius 1 is 1.12 bits per heavy atom. The standard InChI is InChI=1S/C16H22N2O6/c1-17-14(19)9-18(2)15(20)10-24-16(21)8-11-5-6-12(22-3)13(7-11)23-4/h5-7H,8-10H2,1-4H3,(H,17,19). The quantitative estimate of drug-likeness (QED) is 0.670. The van der Waals surface area contributed by atoms with Crippen LogP contribution in [0.4, 0.5) is 0 Å². The van der Waals surface area contributed by atoms with Gasteiger partial charge in [0.25, 0.3) is 5.91 Å². The molecule has 0 aliphatic rings. The van der Waals surface area contributed by atoms with E-state index in [2.05, 4.69) is 5.32 Å². The minimum absolute atomic E-state index is 0.00715. The van der Waals surface area contributed by atoms with Gasteiger partial charge in [0, 0.05) is 14.1 Å². The molecule has 1 rings (SSSR count). The summed E-state index contributed by atoms with van der Waals surface area (Å²) in [5.74, 6) is -0.254. The average Bonchev–Trinajstić information content (AvgIpc) is 2.59. The van der Waals surface area contributed by atoms with Crippen molar-refractivity contribution in [3.63, 3.8) is 0 Å². The van der Waals surface area contributed by atoms with Crippen LogP contribution in [0.3, 0.4) is 0 Å². The number of amides is 2. The van der Waals surface area contributed by atoms with Crippen LogP contribution < -0.4 is 14.8 Å². The molecule has 0 atom stereocenters. The minimum atomic E-state index is -0.552. The van der Waals surface area contributed by atoms with Gasteiger partial charge in [-0.05, 0) is 17.7 Å². The molecule has 0 aromatic heterocycles. The van der Waals surface area contributed by atoms with E-state index in [1.54, 1.807) is 18.2 Å². The largest absolute Gasteiger partial charge is 0.493 e. The first-order valence-corrected chi connectivity index (χ1v) is 7.22. The number of benzene rings is 1. The molecular weight excluding hydrogens is 316 g/mol. The van der Waals surface area contributed by atoms with Gasteiger partial charge in [0.2, 0.25) is 5.91 Å². The highest BCUT2D eigenvalue weighted by Gasteiger charge is 2.15. The van der Waals surface area contributed by atoms with Crippen LogP contribution in [0.15, 0.2) is 18.2 Å². The second-order valence-electron chi connectivity index (χ2n) is 4.95. The summed E-state index contributed by atoms with van der Waals surface area (Å²) in [4.78, 5) is 36.0. The summed E-state index contributed by atoms with van der Waals surface area (Å²) in [5.41, 5.74) is 0.670. The Labute approximate surface area is 140 Å². The van der Waals surface area contributed by atoms with Gasteiger partial charge in [-0.15, -0.1) is 0 Å². The van der Waals surface area contributed by atoms with Crippen LogP contribution in [0, 0.1) is 0 Å². The summed E-state index contributed by atoms with van der Waals surface area (Å²) in [5, 5.41) is 2.41. The molecule has 0 unspecified atom stereocenters. The maximum absolute atomic E-state index is 11.8. The Hall–Kier alpha value is -2.77. The lowest BCUT2D eigenvalue weighted by Gasteiger charge is -2.16. The molecule has 8 nitrogen and oxygen atoms in total. The molecule has 8 heteroatoms. The second kappa shape index (κ2) is 9.39. The summed E-state index contributed by atoms with van der Waals surface area (Å²) in [6.07, 6.45) is -0.00715. The number of carbonyl (C=O) groups excluding carboxylic acids is 3. The van der Waals surface area contributed by atoms with Crippen LogP contribution >= 0.6 is 0 Å². The third-order valence-electron chi connectivity index (χ3n) is 3.24. The van der Waals surface area contributed by atoms with Crippen LogP contribution in [-0.2, 0) is 25.5 Å². The van der Waals surface area contributed by atoms with Crippen molar-refractivity contribution in [1.29, 1.82) is 0 Å². The molecule has 0 saturated heterocycles. The highest BCUT2D eigenvalue weighted by atomic mass is 16.5. The molecule has 0 aliphatic heterocycles. The Kier molecular flexibility index (Phi) is 7.54. The molecule has 0 radical (unpaired) electrons. The van der Waals surface area contributed by atoms with Crippen LogP contribution in [0.1, 0.15) is 5.56 Å². The first-order valence-electron chi connectivity index (χ1n) is 7.22. The molecule has 0 aliphatic carbocycles. The Morgan fingerprint density at radius 2 is 1.79 bits per heavy atom. The number of rotatable bonds is 8. The van der Waals surface area contributed by atoms with Crippen molar-refractivity contribution in [3.05, 3.63) is 23.8 Å². The van der Waals surface area contributed by atoms with E-state index in [0.29, 0.717) is 17.1 Å².